The molecule has 4 heteroatoms. The third-order valence-corrected chi connectivity index (χ3v) is 2.14. The van der Waals surface area contributed by atoms with Gasteiger partial charge in [0.1, 0.15) is 5.82 Å². The standard InChI is InChI=1S/C11H19N3O/c1-3-4-10(8-15-2)14-11-6-5-9(12)7-13-11/h5-7,10H,3-4,8,12H2,1-2H3,(H,13,14). The van der Waals surface area contributed by atoms with Gasteiger partial charge >= 0.3 is 0 Å². The van der Waals surface area contributed by atoms with E-state index in [1.807, 2.05) is 12.1 Å². The molecule has 4 nitrogen and oxygen atoms in total. The maximum absolute atomic E-state index is 5.56. The molecule has 0 spiro atoms. The lowest BCUT2D eigenvalue weighted by molar-refractivity contribution is 0.182. The first-order valence-electron chi connectivity index (χ1n) is 5.23. The van der Waals surface area contributed by atoms with Crippen molar-refractivity contribution in [3.63, 3.8) is 0 Å². The van der Waals surface area contributed by atoms with Crippen molar-refractivity contribution in [3.8, 4) is 0 Å². The first-order valence-corrected chi connectivity index (χ1v) is 5.23. The minimum Gasteiger partial charge on any atom is -0.397 e. The number of rotatable bonds is 6. The summed E-state index contributed by atoms with van der Waals surface area (Å²) in [6.45, 7) is 2.85. The molecule has 0 aromatic carbocycles. The highest BCUT2D eigenvalue weighted by atomic mass is 16.5. The predicted molar refractivity (Wildman–Crippen MR) is 62.8 cm³/mol. The zero-order valence-corrected chi connectivity index (χ0v) is 9.36. The fraction of sp³-hybridized carbons (Fsp3) is 0.545. The van der Waals surface area contributed by atoms with Gasteiger partial charge in [0, 0.05) is 7.11 Å². The van der Waals surface area contributed by atoms with Crippen LogP contribution in [-0.2, 0) is 4.74 Å². The van der Waals surface area contributed by atoms with Gasteiger partial charge in [-0.1, -0.05) is 13.3 Å². The van der Waals surface area contributed by atoms with Crippen LogP contribution in [0.2, 0.25) is 0 Å². The molecule has 0 saturated carbocycles. The van der Waals surface area contributed by atoms with Gasteiger partial charge in [-0.15, -0.1) is 0 Å². The molecule has 1 unspecified atom stereocenters. The van der Waals surface area contributed by atoms with Crippen molar-refractivity contribution >= 4 is 11.5 Å². The summed E-state index contributed by atoms with van der Waals surface area (Å²) in [4.78, 5) is 4.19. The van der Waals surface area contributed by atoms with Crippen LogP contribution in [0.3, 0.4) is 0 Å². The molecule has 1 heterocycles. The van der Waals surface area contributed by atoms with Crippen molar-refractivity contribution in [1.82, 2.24) is 4.98 Å². The van der Waals surface area contributed by atoms with Gasteiger partial charge in [0.05, 0.1) is 24.5 Å². The molecule has 0 amide bonds. The van der Waals surface area contributed by atoms with E-state index in [1.165, 1.54) is 0 Å². The second-order valence-electron chi connectivity index (χ2n) is 3.56. The molecule has 0 aliphatic heterocycles. The zero-order chi connectivity index (χ0) is 11.1. The Morgan fingerprint density at radius 3 is 2.87 bits per heavy atom. The highest BCUT2D eigenvalue weighted by molar-refractivity contribution is 5.44. The quantitative estimate of drug-likeness (QED) is 0.751. The fourth-order valence-electron chi connectivity index (χ4n) is 1.45. The van der Waals surface area contributed by atoms with Crippen molar-refractivity contribution in [2.24, 2.45) is 0 Å². The largest absolute Gasteiger partial charge is 0.397 e. The molecule has 1 aromatic rings. The maximum atomic E-state index is 5.56. The number of methoxy groups -OCH3 is 1. The third kappa shape index (κ3) is 4.16. The van der Waals surface area contributed by atoms with Crippen LogP contribution in [0.15, 0.2) is 18.3 Å². The van der Waals surface area contributed by atoms with Gasteiger partial charge in [-0.05, 0) is 18.6 Å². The molecule has 84 valence electrons. The number of anilines is 2. The van der Waals surface area contributed by atoms with Crippen LogP contribution in [0.5, 0.6) is 0 Å². The summed E-state index contributed by atoms with van der Waals surface area (Å²) in [5.41, 5.74) is 6.24. The summed E-state index contributed by atoms with van der Waals surface area (Å²) >= 11 is 0. The van der Waals surface area contributed by atoms with Crippen molar-refractivity contribution in [3.05, 3.63) is 18.3 Å². The van der Waals surface area contributed by atoms with Gasteiger partial charge < -0.3 is 15.8 Å². The molecule has 15 heavy (non-hydrogen) atoms. The summed E-state index contributed by atoms with van der Waals surface area (Å²) in [6, 6.07) is 4.04. The molecule has 0 radical (unpaired) electrons. The average Bonchev–Trinajstić information content (AvgIpc) is 2.22. The second kappa shape index (κ2) is 6.24. The van der Waals surface area contributed by atoms with E-state index in [0.717, 1.165) is 18.7 Å². The molecular formula is C11H19N3O. The summed E-state index contributed by atoms with van der Waals surface area (Å²) in [5, 5.41) is 3.32. The zero-order valence-electron chi connectivity index (χ0n) is 9.36. The number of aromatic nitrogens is 1. The predicted octanol–water partition coefficient (Wildman–Crippen LogP) is 1.89. The number of nitrogens with one attached hydrogen (secondary N) is 1. The van der Waals surface area contributed by atoms with E-state index < -0.39 is 0 Å². The van der Waals surface area contributed by atoms with Crippen molar-refractivity contribution < 1.29 is 4.74 Å². The van der Waals surface area contributed by atoms with Crippen LogP contribution < -0.4 is 11.1 Å². The summed E-state index contributed by atoms with van der Waals surface area (Å²) in [5.74, 6) is 0.847. The van der Waals surface area contributed by atoms with Gasteiger partial charge in [-0.25, -0.2) is 4.98 Å². The van der Waals surface area contributed by atoms with Crippen LogP contribution in [0, 0.1) is 0 Å². The first-order chi connectivity index (χ1) is 7.26. The van der Waals surface area contributed by atoms with Crippen LogP contribution in [0.25, 0.3) is 0 Å². The van der Waals surface area contributed by atoms with Gasteiger partial charge in [0.15, 0.2) is 0 Å². The Kier molecular flexibility index (Phi) is 4.90. The Bertz CT molecular complexity index is 268. The third-order valence-electron chi connectivity index (χ3n) is 2.14. The Hall–Kier alpha value is -1.29. The smallest absolute Gasteiger partial charge is 0.126 e. The summed E-state index contributed by atoms with van der Waals surface area (Å²) in [6.07, 6.45) is 3.84. The Labute approximate surface area is 90.8 Å². The van der Waals surface area contributed by atoms with E-state index >= 15 is 0 Å². The van der Waals surface area contributed by atoms with Crippen molar-refractivity contribution in [2.75, 3.05) is 24.8 Å². The average molecular weight is 209 g/mol. The number of pyridine rings is 1. The molecule has 3 N–H and O–H groups in total. The van der Waals surface area contributed by atoms with Gasteiger partial charge in [-0.3, -0.25) is 0 Å². The van der Waals surface area contributed by atoms with E-state index in [9.17, 15) is 0 Å². The molecule has 1 aromatic heterocycles. The molecule has 0 aliphatic carbocycles. The lowest BCUT2D eigenvalue weighted by Gasteiger charge is -2.17. The van der Waals surface area contributed by atoms with E-state index in [1.54, 1.807) is 13.3 Å². The topological polar surface area (TPSA) is 60.2 Å². The van der Waals surface area contributed by atoms with Crippen LogP contribution in [-0.4, -0.2) is 24.7 Å². The van der Waals surface area contributed by atoms with Crippen molar-refractivity contribution in [2.45, 2.75) is 25.8 Å². The van der Waals surface area contributed by atoms with Crippen molar-refractivity contribution in [1.29, 1.82) is 0 Å². The molecule has 0 aliphatic rings. The lowest BCUT2D eigenvalue weighted by Crippen LogP contribution is -2.25. The minimum atomic E-state index is 0.316. The molecule has 0 bridgehead atoms. The highest BCUT2D eigenvalue weighted by Gasteiger charge is 2.07. The number of hydrogen-bond donors (Lipinski definition) is 2. The fourth-order valence-corrected chi connectivity index (χ4v) is 1.45. The van der Waals surface area contributed by atoms with Crippen LogP contribution >= 0.6 is 0 Å². The molecular weight excluding hydrogens is 190 g/mol. The Morgan fingerprint density at radius 2 is 2.33 bits per heavy atom. The number of nitrogens with zero attached hydrogens (tertiary/aromatic N) is 1. The summed E-state index contributed by atoms with van der Waals surface area (Å²) in [7, 11) is 1.71. The minimum absolute atomic E-state index is 0.316. The molecule has 0 saturated heterocycles. The van der Waals surface area contributed by atoms with E-state index in [-0.39, 0.29) is 0 Å². The SMILES string of the molecule is CCCC(COC)Nc1ccc(N)cn1. The van der Waals surface area contributed by atoms with Crippen LogP contribution in [0.4, 0.5) is 11.5 Å². The number of ether oxygens (including phenoxy) is 1. The van der Waals surface area contributed by atoms with E-state index in [0.29, 0.717) is 18.3 Å². The second-order valence-corrected chi connectivity index (χ2v) is 3.56. The van der Waals surface area contributed by atoms with E-state index in [2.05, 4.69) is 17.2 Å². The monoisotopic (exact) mass is 209 g/mol. The van der Waals surface area contributed by atoms with Gasteiger partial charge in [0.25, 0.3) is 0 Å². The lowest BCUT2D eigenvalue weighted by atomic mass is 10.2. The van der Waals surface area contributed by atoms with Gasteiger partial charge in [0.2, 0.25) is 0 Å². The molecule has 1 atom stereocenters. The van der Waals surface area contributed by atoms with E-state index in [4.69, 9.17) is 10.5 Å². The van der Waals surface area contributed by atoms with Gasteiger partial charge in [-0.2, -0.15) is 0 Å². The normalized spacial score (nSPS) is 12.4. The summed E-state index contributed by atoms with van der Waals surface area (Å²) < 4.78 is 5.14. The highest BCUT2D eigenvalue weighted by Crippen LogP contribution is 2.09. The van der Waals surface area contributed by atoms with Crippen LogP contribution in [0.1, 0.15) is 19.8 Å². The number of nitrogens with two attached hydrogens (primary N) is 1. The Morgan fingerprint density at radius 1 is 1.53 bits per heavy atom. The maximum Gasteiger partial charge on any atom is 0.126 e. The Balaban J connectivity index is 2.53. The first kappa shape index (κ1) is 11.8. The molecule has 0 fully saturated rings. The number of nitrogen functional groups attached to an aromatic ring is 1. The molecule has 1 rings (SSSR count). The number of hydrogen-bond acceptors (Lipinski definition) is 4.